The van der Waals surface area contributed by atoms with Crippen molar-refractivity contribution in [3.8, 4) is 5.75 Å². The van der Waals surface area contributed by atoms with E-state index >= 15 is 0 Å². The Kier molecular flexibility index (Phi) is 9.15. The van der Waals surface area contributed by atoms with Gasteiger partial charge in [-0.3, -0.25) is 4.79 Å². The number of aliphatic hydroxyl groups excluding tert-OH is 1. The van der Waals surface area contributed by atoms with E-state index in [1.165, 1.54) is 5.56 Å². The number of aliphatic hydroxyl groups is 1. The van der Waals surface area contributed by atoms with Crippen molar-refractivity contribution < 1.29 is 19.4 Å². The number of carbonyl (C=O) groups excluding carboxylic acids is 1. The maximum absolute atomic E-state index is 11.7. The quantitative estimate of drug-likeness (QED) is 0.461. The molecule has 6 nitrogen and oxygen atoms in total. The molecule has 2 aromatic carbocycles. The van der Waals surface area contributed by atoms with E-state index in [0.29, 0.717) is 42.4 Å². The third kappa shape index (κ3) is 7.51. The zero-order valence-corrected chi connectivity index (χ0v) is 18.6. The van der Waals surface area contributed by atoms with E-state index in [0.717, 1.165) is 24.8 Å². The maximum Gasteiger partial charge on any atom is 0.258 e. The second kappa shape index (κ2) is 12.1. The summed E-state index contributed by atoms with van der Waals surface area (Å²) in [5, 5.41) is 17.3. The second-order valence-corrected chi connectivity index (χ2v) is 8.32. The van der Waals surface area contributed by atoms with Crippen LogP contribution in [0.3, 0.4) is 0 Å². The number of carbonyl (C=O) groups is 1. The van der Waals surface area contributed by atoms with Gasteiger partial charge in [0.15, 0.2) is 6.61 Å². The average Bonchev–Trinajstić information content (AvgIpc) is 3.25. The lowest BCUT2D eigenvalue weighted by molar-refractivity contribution is -0.123. The van der Waals surface area contributed by atoms with Gasteiger partial charge < -0.3 is 25.2 Å². The Hall–Kier alpha value is -2.12. The number of rotatable bonds is 11. The molecule has 2 aromatic rings. The predicted molar refractivity (Wildman–Crippen MR) is 122 cm³/mol. The fourth-order valence-corrected chi connectivity index (χ4v) is 4.11. The molecule has 0 heterocycles. The number of methoxy groups -OCH3 is 1. The molecule has 1 aliphatic carbocycles. The van der Waals surface area contributed by atoms with Crippen molar-refractivity contribution in [2.45, 2.75) is 37.3 Å². The Morgan fingerprint density at radius 3 is 2.77 bits per heavy atom. The first-order valence-electron chi connectivity index (χ1n) is 10.7. The number of benzene rings is 2. The Morgan fingerprint density at radius 1 is 1.23 bits per heavy atom. The lowest BCUT2D eigenvalue weighted by Crippen LogP contribution is -2.31. The number of ether oxygens (including phenoxy) is 2. The van der Waals surface area contributed by atoms with Crippen LogP contribution in [0, 0.1) is 0 Å². The third-order valence-corrected chi connectivity index (χ3v) is 5.85. The molecule has 1 saturated carbocycles. The number of nitrogens with one attached hydrogen (secondary N) is 2. The summed E-state index contributed by atoms with van der Waals surface area (Å²) in [5.74, 6) is 1.00. The molecule has 168 valence electrons. The smallest absolute Gasteiger partial charge is 0.258 e. The van der Waals surface area contributed by atoms with E-state index in [4.69, 9.17) is 21.1 Å². The Balaban J connectivity index is 1.41. The molecular weight excluding hydrogens is 416 g/mol. The van der Waals surface area contributed by atoms with Crippen LogP contribution >= 0.6 is 11.6 Å². The number of amides is 1. The van der Waals surface area contributed by atoms with Gasteiger partial charge in [0.25, 0.3) is 5.91 Å². The molecule has 0 bridgehead atoms. The average molecular weight is 447 g/mol. The molecule has 1 aliphatic rings. The Labute approximate surface area is 188 Å². The van der Waals surface area contributed by atoms with Gasteiger partial charge in [0.2, 0.25) is 0 Å². The van der Waals surface area contributed by atoms with Crippen LogP contribution in [-0.4, -0.2) is 50.5 Å². The standard InChI is InChI=1S/C24H31ClN2O4/c1-30-12-11-26-24(29)16-31-22-9-6-17(7-10-22)18-5-8-21(14-18)27-15-23(28)19-3-2-4-20(25)13-19/h2-4,6-7,9-10,13,18,21,23,27-28H,5,8,11-12,14-16H2,1H3,(H,26,29)/t18?,21?,23-/m0/s1. The van der Waals surface area contributed by atoms with Gasteiger partial charge >= 0.3 is 0 Å². The molecule has 0 aromatic heterocycles. The normalized spacial score (nSPS) is 19.2. The highest BCUT2D eigenvalue weighted by Crippen LogP contribution is 2.35. The summed E-state index contributed by atoms with van der Waals surface area (Å²) in [5.41, 5.74) is 2.11. The van der Waals surface area contributed by atoms with Crippen molar-refractivity contribution >= 4 is 17.5 Å². The van der Waals surface area contributed by atoms with Gasteiger partial charge in [-0.05, 0) is 60.6 Å². The van der Waals surface area contributed by atoms with Crippen LogP contribution in [0.1, 0.15) is 42.4 Å². The molecular formula is C24H31ClN2O4. The van der Waals surface area contributed by atoms with Gasteiger partial charge in [0.05, 0.1) is 12.7 Å². The topological polar surface area (TPSA) is 79.8 Å². The van der Waals surface area contributed by atoms with E-state index in [-0.39, 0.29) is 12.5 Å². The molecule has 1 amide bonds. The first kappa shape index (κ1) is 23.5. The van der Waals surface area contributed by atoms with E-state index in [2.05, 4.69) is 22.8 Å². The summed E-state index contributed by atoms with van der Waals surface area (Å²) in [6, 6.07) is 15.7. The molecule has 3 atom stereocenters. The fraction of sp³-hybridized carbons (Fsp3) is 0.458. The summed E-state index contributed by atoms with van der Waals surface area (Å²) in [6.07, 6.45) is 2.64. The Bertz CT molecular complexity index is 831. The van der Waals surface area contributed by atoms with Gasteiger partial charge in [0, 0.05) is 31.3 Å². The minimum atomic E-state index is -0.569. The van der Waals surface area contributed by atoms with Crippen molar-refractivity contribution in [2.24, 2.45) is 0 Å². The monoisotopic (exact) mass is 446 g/mol. The van der Waals surface area contributed by atoms with Crippen LogP contribution in [-0.2, 0) is 9.53 Å². The predicted octanol–water partition coefficient (Wildman–Crippen LogP) is 3.44. The van der Waals surface area contributed by atoms with Crippen molar-refractivity contribution in [2.75, 3.05) is 33.4 Å². The molecule has 0 spiro atoms. The third-order valence-electron chi connectivity index (χ3n) is 5.62. The number of halogens is 1. The molecule has 0 aliphatic heterocycles. The van der Waals surface area contributed by atoms with Crippen LogP contribution < -0.4 is 15.4 Å². The number of hydrogen-bond donors (Lipinski definition) is 3. The Morgan fingerprint density at radius 2 is 2.03 bits per heavy atom. The maximum atomic E-state index is 11.7. The lowest BCUT2D eigenvalue weighted by Gasteiger charge is -2.17. The van der Waals surface area contributed by atoms with Crippen molar-refractivity contribution in [3.63, 3.8) is 0 Å². The van der Waals surface area contributed by atoms with Gasteiger partial charge in [-0.25, -0.2) is 0 Å². The lowest BCUT2D eigenvalue weighted by atomic mass is 9.97. The van der Waals surface area contributed by atoms with Gasteiger partial charge in [-0.15, -0.1) is 0 Å². The summed E-state index contributed by atoms with van der Waals surface area (Å²) in [4.78, 5) is 11.7. The molecule has 31 heavy (non-hydrogen) atoms. The highest BCUT2D eigenvalue weighted by atomic mass is 35.5. The summed E-state index contributed by atoms with van der Waals surface area (Å²) in [6.45, 7) is 1.46. The van der Waals surface area contributed by atoms with E-state index in [9.17, 15) is 9.90 Å². The highest BCUT2D eigenvalue weighted by Gasteiger charge is 2.26. The largest absolute Gasteiger partial charge is 0.484 e. The summed E-state index contributed by atoms with van der Waals surface area (Å²) in [7, 11) is 1.59. The summed E-state index contributed by atoms with van der Waals surface area (Å²) < 4.78 is 10.4. The van der Waals surface area contributed by atoms with Crippen LogP contribution in [0.2, 0.25) is 5.02 Å². The first-order chi connectivity index (χ1) is 15.0. The van der Waals surface area contributed by atoms with Crippen LogP contribution in [0.15, 0.2) is 48.5 Å². The second-order valence-electron chi connectivity index (χ2n) is 7.89. The minimum Gasteiger partial charge on any atom is -0.484 e. The van der Waals surface area contributed by atoms with E-state index in [1.807, 2.05) is 24.3 Å². The summed E-state index contributed by atoms with van der Waals surface area (Å²) >= 11 is 6.01. The molecule has 1 fully saturated rings. The SMILES string of the molecule is COCCNC(=O)COc1ccc(C2CCC(NC[C@H](O)c3cccc(Cl)c3)C2)cc1. The van der Waals surface area contributed by atoms with Gasteiger partial charge in [-0.1, -0.05) is 35.9 Å². The van der Waals surface area contributed by atoms with Gasteiger partial charge in [0.1, 0.15) is 5.75 Å². The van der Waals surface area contributed by atoms with Crippen LogP contribution in [0.5, 0.6) is 5.75 Å². The molecule has 7 heteroatoms. The molecule has 2 unspecified atom stereocenters. The van der Waals surface area contributed by atoms with E-state index < -0.39 is 6.10 Å². The number of hydrogen-bond acceptors (Lipinski definition) is 5. The molecule has 0 saturated heterocycles. The molecule has 3 rings (SSSR count). The molecule has 0 radical (unpaired) electrons. The minimum absolute atomic E-state index is 0.00651. The molecule has 3 N–H and O–H groups in total. The van der Waals surface area contributed by atoms with E-state index in [1.54, 1.807) is 19.2 Å². The van der Waals surface area contributed by atoms with Gasteiger partial charge in [-0.2, -0.15) is 0 Å². The van der Waals surface area contributed by atoms with Crippen molar-refractivity contribution in [1.29, 1.82) is 0 Å². The zero-order chi connectivity index (χ0) is 22.1. The first-order valence-corrected chi connectivity index (χ1v) is 11.1. The van der Waals surface area contributed by atoms with Crippen LogP contribution in [0.25, 0.3) is 0 Å². The highest BCUT2D eigenvalue weighted by molar-refractivity contribution is 6.30. The van der Waals surface area contributed by atoms with Crippen LogP contribution in [0.4, 0.5) is 0 Å². The van der Waals surface area contributed by atoms with Crippen molar-refractivity contribution in [3.05, 3.63) is 64.7 Å². The van der Waals surface area contributed by atoms with Crippen molar-refractivity contribution in [1.82, 2.24) is 10.6 Å². The fourth-order valence-electron chi connectivity index (χ4n) is 3.91. The zero-order valence-electron chi connectivity index (χ0n) is 17.9.